The minimum absolute atomic E-state index is 0.266. The minimum atomic E-state index is -0.266. The topological polar surface area (TPSA) is 24.1 Å². The van der Waals surface area contributed by atoms with Gasteiger partial charge in [-0.25, -0.2) is 4.39 Å². The Bertz CT molecular complexity index is 634. The Morgan fingerprint density at radius 2 is 1.85 bits per heavy atom. The van der Waals surface area contributed by atoms with Gasteiger partial charge >= 0.3 is 0 Å². The molecular weight excluding hydrogens is 318 g/mol. The van der Waals surface area contributed by atoms with Crippen LogP contribution in [-0.4, -0.2) is 5.11 Å². The minimum Gasteiger partial charge on any atom is -0.358 e. The number of rotatable bonds is 3. The van der Waals surface area contributed by atoms with Gasteiger partial charge in [-0.1, -0.05) is 41.4 Å². The normalized spacial score (nSPS) is 10.2. The van der Waals surface area contributed by atoms with Crippen molar-refractivity contribution in [3.63, 3.8) is 0 Å². The molecule has 0 aliphatic heterocycles. The second-order valence-electron chi connectivity index (χ2n) is 4.03. The van der Waals surface area contributed by atoms with Crippen molar-refractivity contribution >= 4 is 46.2 Å². The molecule has 0 unspecified atom stereocenters. The molecule has 0 amide bonds. The highest BCUT2D eigenvalue weighted by molar-refractivity contribution is 7.80. The second kappa shape index (κ2) is 6.88. The van der Waals surface area contributed by atoms with Crippen LogP contribution in [0.1, 0.15) is 5.56 Å². The van der Waals surface area contributed by atoms with E-state index in [-0.39, 0.29) is 5.82 Å². The molecule has 2 aromatic rings. The van der Waals surface area contributed by atoms with Gasteiger partial charge in [-0.3, -0.25) is 0 Å². The van der Waals surface area contributed by atoms with Crippen LogP contribution in [0.4, 0.5) is 10.1 Å². The average Bonchev–Trinajstić information content (AvgIpc) is 2.42. The third-order valence-electron chi connectivity index (χ3n) is 2.57. The lowest BCUT2D eigenvalue weighted by Crippen LogP contribution is -2.28. The van der Waals surface area contributed by atoms with Gasteiger partial charge < -0.3 is 10.6 Å². The monoisotopic (exact) mass is 328 g/mol. The fourth-order valence-electron chi connectivity index (χ4n) is 1.57. The molecule has 0 aliphatic carbocycles. The smallest absolute Gasteiger partial charge is 0.171 e. The number of hydrogen-bond donors (Lipinski definition) is 2. The lowest BCUT2D eigenvalue weighted by molar-refractivity contribution is 0.606. The highest BCUT2D eigenvalue weighted by atomic mass is 35.5. The molecule has 2 N–H and O–H groups in total. The van der Waals surface area contributed by atoms with Crippen molar-refractivity contribution in [1.82, 2.24) is 5.32 Å². The van der Waals surface area contributed by atoms with Crippen molar-refractivity contribution in [3.05, 3.63) is 63.9 Å². The van der Waals surface area contributed by atoms with Crippen molar-refractivity contribution in [2.75, 3.05) is 5.32 Å². The molecule has 0 atom stereocenters. The Morgan fingerprint density at radius 3 is 2.55 bits per heavy atom. The van der Waals surface area contributed by atoms with Gasteiger partial charge in [-0.05, 0) is 36.5 Å². The van der Waals surface area contributed by atoms with Crippen molar-refractivity contribution in [1.29, 1.82) is 0 Å². The summed E-state index contributed by atoms with van der Waals surface area (Å²) in [6, 6.07) is 11.6. The van der Waals surface area contributed by atoms with Gasteiger partial charge in [0.15, 0.2) is 5.11 Å². The molecule has 2 nitrogen and oxygen atoms in total. The predicted molar refractivity (Wildman–Crippen MR) is 85.9 cm³/mol. The van der Waals surface area contributed by atoms with E-state index in [9.17, 15) is 4.39 Å². The van der Waals surface area contributed by atoms with Crippen LogP contribution in [0, 0.1) is 5.82 Å². The molecule has 0 saturated heterocycles. The van der Waals surface area contributed by atoms with Crippen LogP contribution in [0.5, 0.6) is 0 Å². The van der Waals surface area contributed by atoms with E-state index in [0.29, 0.717) is 33.0 Å². The van der Waals surface area contributed by atoms with Crippen LogP contribution in [0.15, 0.2) is 42.5 Å². The largest absolute Gasteiger partial charge is 0.358 e. The standard InChI is InChI=1S/C14H11Cl2FN2S/c15-11-6-5-10(7-12(11)16)19-14(20)18-8-9-3-1-2-4-13(9)17/h1-7H,8H2,(H2,18,19,20). The maximum atomic E-state index is 13.4. The molecule has 0 aliphatic rings. The molecule has 0 bridgehead atoms. The molecular formula is C14H11Cl2FN2S. The zero-order valence-corrected chi connectivity index (χ0v) is 12.6. The van der Waals surface area contributed by atoms with E-state index in [1.165, 1.54) is 6.07 Å². The Hall–Kier alpha value is -1.36. The van der Waals surface area contributed by atoms with Crippen LogP contribution in [0.3, 0.4) is 0 Å². The van der Waals surface area contributed by atoms with Gasteiger partial charge in [0, 0.05) is 17.8 Å². The molecule has 20 heavy (non-hydrogen) atoms. The molecule has 0 spiro atoms. The van der Waals surface area contributed by atoms with E-state index < -0.39 is 0 Å². The summed E-state index contributed by atoms with van der Waals surface area (Å²) < 4.78 is 13.4. The summed E-state index contributed by atoms with van der Waals surface area (Å²) in [7, 11) is 0. The van der Waals surface area contributed by atoms with Gasteiger partial charge in [0.25, 0.3) is 0 Å². The zero-order valence-electron chi connectivity index (χ0n) is 10.3. The highest BCUT2D eigenvalue weighted by Crippen LogP contribution is 2.24. The molecule has 6 heteroatoms. The summed E-state index contributed by atoms with van der Waals surface area (Å²) in [6.45, 7) is 0.305. The fraction of sp³-hybridized carbons (Fsp3) is 0.0714. The van der Waals surface area contributed by atoms with Crippen LogP contribution in [0.2, 0.25) is 10.0 Å². The first-order valence-corrected chi connectivity index (χ1v) is 6.96. The van der Waals surface area contributed by atoms with E-state index in [0.717, 1.165) is 0 Å². The summed E-state index contributed by atoms with van der Waals surface area (Å²) in [5, 5.41) is 7.18. The van der Waals surface area contributed by atoms with E-state index in [1.54, 1.807) is 36.4 Å². The zero-order chi connectivity index (χ0) is 14.5. The van der Waals surface area contributed by atoms with Crippen molar-refractivity contribution in [3.8, 4) is 0 Å². The fourth-order valence-corrected chi connectivity index (χ4v) is 2.05. The number of halogens is 3. The number of benzene rings is 2. The molecule has 0 fully saturated rings. The summed E-state index contributed by atoms with van der Waals surface area (Å²) in [5.74, 6) is -0.266. The van der Waals surface area contributed by atoms with E-state index in [4.69, 9.17) is 35.4 Å². The maximum Gasteiger partial charge on any atom is 0.171 e. The highest BCUT2D eigenvalue weighted by Gasteiger charge is 2.03. The van der Waals surface area contributed by atoms with Crippen molar-refractivity contribution in [2.45, 2.75) is 6.54 Å². The summed E-state index contributed by atoms with van der Waals surface area (Å²) in [6.07, 6.45) is 0. The molecule has 0 radical (unpaired) electrons. The first-order valence-electron chi connectivity index (χ1n) is 5.79. The Balaban J connectivity index is 1.93. The Labute approximate surface area is 131 Å². The maximum absolute atomic E-state index is 13.4. The van der Waals surface area contributed by atoms with Crippen molar-refractivity contribution in [2.24, 2.45) is 0 Å². The molecule has 2 aromatic carbocycles. The molecule has 2 rings (SSSR count). The SMILES string of the molecule is Fc1ccccc1CNC(=S)Nc1ccc(Cl)c(Cl)c1. The summed E-state index contributed by atoms with van der Waals surface area (Å²) >= 11 is 16.9. The molecule has 0 heterocycles. The first kappa shape index (κ1) is 15.0. The average molecular weight is 329 g/mol. The number of anilines is 1. The lowest BCUT2D eigenvalue weighted by atomic mass is 10.2. The third-order valence-corrected chi connectivity index (χ3v) is 3.56. The van der Waals surface area contributed by atoms with E-state index in [1.807, 2.05) is 0 Å². The Kier molecular flexibility index (Phi) is 5.17. The van der Waals surface area contributed by atoms with Crippen LogP contribution >= 0.6 is 35.4 Å². The van der Waals surface area contributed by atoms with E-state index in [2.05, 4.69) is 10.6 Å². The van der Waals surface area contributed by atoms with Crippen LogP contribution in [0.25, 0.3) is 0 Å². The van der Waals surface area contributed by atoms with Crippen molar-refractivity contribution < 1.29 is 4.39 Å². The van der Waals surface area contributed by atoms with Crippen LogP contribution in [-0.2, 0) is 6.54 Å². The molecule has 0 aromatic heterocycles. The lowest BCUT2D eigenvalue weighted by Gasteiger charge is -2.11. The first-order chi connectivity index (χ1) is 9.56. The van der Waals surface area contributed by atoms with E-state index >= 15 is 0 Å². The van der Waals surface area contributed by atoms with Gasteiger partial charge in [0.1, 0.15) is 5.82 Å². The summed E-state index contributed by atoms with van der Waals surface area (Å²) in [5.41, 5.74) is 1.26. The third kappa shape index (κ3) is 4.07. The summed E-state index contributed by atoms with van der Waals surface area (Å²) in [4.78, 5) is 0. The number of nitrogens with one attached hydrogen (secondary N) is 2. The van der Waals surface area contributed by atoms with Crippen LogP contribution < -0.4 is 10.6 Å². The second-order valence-corrected chi connectivity index (χ2v) is 5.25. The molecule has 104 valence electrons. The quantitative estimate of drug-likeness (QED) is 0.804. The number of thiocarbonyl (C=S) groups is 1. The predicted octanol–water partition coefficient (Wildman–Crippen LogP) is 4.62. The number of hydrogen-bond acceptors (Lipinski definition) is 1. The van der Waals surface area contributed by atoms with Gasteiger partial charge in [-0.15, -0.1) is 0 Å². The molecule has 0 saturated carbocycles. The van der Waals surface area contributed by atoms with Gasteiger partial charge in [0.2, 0.25) is 0 Å². The Morgan fingerprint density at radius 1 is 1.10 bits per heavy atom. The van der Waals surface area contributed by atoms with Gasteiger partial charge in [0.05, 0.1) is 10.0 Å². The van der Waals surface area contributed by atoms with Gasteiger partial charge in [-0.2, -0.15) is 0 Å².